The number of aromatic nitrogens is 4. The molecule has 0 radical (unpaired) electrons. The third-order valence-electron chi connectivity index (χ3n) is 9.73. The fraction of sp³-hybridized carbons (Fsp3) is 0. The average Bonchev–Trinajstić information content (AvgIpc) is 3.72. The van der Waals surface area contributed by atoms with Crippen LogP contribution in [0.3, 0.4) is 0 Å². The summed E-state index contributed by atoms with van der Waals surface area (Å²) in [6, 6.07) is 64.2. The molecule has 0 N–H and O–H groups in total. The number of para-hydroxylation sites is 2. The lowest BCUT2D eigenvalue weighted by molar-refractivity contribution is 0.995. The van der Waals surface area contributed by atoms with E-state index in [9.17, 15) is 0 Å². The van der Waals surface area contributed by atoms with Gasteiger partial charge in [-0.2, -0.15) is 0 Å². The minimum atomic E-state index is 0.638. The SMILES string of the molecule is c1ccc(-c2cccc(-n3c4ccccc4c4ccc5c6ccccc6n(-c6nc(-c7ccccc7)cc(-c7ccccc7)n6)c5c43)c2)cc1. The van der Waals surface area contributed by atoms with E-state index in [0.717, 1.165) is 61.0 Å². The Kier molecular flexibility index (Phi) is 6.46. The number of benzene rings is 7. The zero-order valence-electron chi connectivity index (χ0n) is 27.1. The largest absolute Gasteiger partial charge is 0.307 e. The van der Waals surface area contributed by atoms with Crippen molar-refractivity contribution >= 4 is 43.6 Å². The van der Waals surface area contributed by atoms with Crippen LogP contribution < -0.4 is 0 Å². The van der Waals surface area contributed by atoms with Crippen molar-refractivity contribution in [2.75, 3.05) is 0 Å². The van der Waals surface area contributed by atoms with Crippen molar-refractivity contribution < 1.29 is 0 Å². The molecule has 0 amide bonds. The Hall–Kier alpha value is -6.78. The van der Waals surface area contributed by atoms with E-state index < -0.39 is 0 Å². The molecule has 0 aliphatic carbocycles. The van der Waals surface area contributed by atoms with Gasteiger partial charge >= 0.3 is 0 Å². The monoisotopic (exact) mass is 638 g/mol. The van der Waals surface area contributed by atoms with Gasteiger partial charge < -0.3 is 4.57 Å². The van der Waals surface area contributed by atoms with E-state index in [0.29, 0.717) is 5.95 Å². The van der Waals surface area contributed by atoms with Crippen molar-refractivity contribution in [2.45, 2.75) is 0 Å². The summed E-state index contributed by atoms with van der Waals surface area (Å²) >= 11 is 0. The van der Waals surface area contributed by atoms with Crippen LogP contribution in [-0.4, -0.2) is 19.1 Å². The molecule has 10 rings (SSSR count). The fourth-order valence-electron chi connectivity index (χ4n) is 7.48. The van der Waals surface area contributed by atoms with E-state index in [1.807, 2.05) is 12.1 Å². The van der Waals surface area contributed by atoms with Gasteiger partial charge in [0.15, 0.2) is 0 Å². The number of hydrogen-bond acceptors (Lipinski definition) is 2. The lowest BCUT2D eigenvalue weighted by atomic mass is 10.1. The van der Waals surface area contributed by atoms with E-state index >= 15 is 0 Å². The molecule has 0 saturated heterocycles. The van der Waals surface area contributed by atoms with Crippen molar-refractivity contribution in [3.63, 3.8) is 0 Å². The maximum atomic E-state index is 5.33. The third-order valence-corrected chi connectivity index (χ3v) is 9.73. The van der Waals surface area contributed by atoms with Gasteiger partial charge in [-0.25, -0.2) is 9.97 Å². The standard InChI is InChI=1S/C46H30N4/c1-4-15-31(16-5-1)34-21-14-22-35(29-34)49-42-25-12-10-23-36(42)38-27-28-39-37-24-11-13-26-43(37)50(45(39)44(38)49)46-47-40(32-17-6-2-7-18-32)30-41(48-46)33-19-8-3-9-20-33/h1-30H. The molecule has 234 valence electrons. The van der Waals surface area contributed by atoms with Gasteiger partial charge in [0.05, 0.1) is 33.5 Å². The zero-order valence-corrected chi connectivity index (χ0v) is 27.1. The van der Waals surface area contributed by atoms with Crippen LogP contribution in [0.1, 0.15) is 0 Å². The van der Waals surface area contributed by atoms with E-state index in [4.69, 9.17) is 9.97 Å². The molecule has 3 heterocycles. The van der Waals surface area contributed by atoms with Crippen LogP contribution >= 0.6 is 0 Å². The summed E-state index contributed by atoms with van der Waals surface area (Å²) in [5.41, 5.74) is 11.7. The molecule has 0 unspecified atom stereocenters. The maximum absolute atomic E-state index is 5.33. The van der Waals surface area contributed by atoms with E-state index in [-0.39, 0.29) is 0 Å². The maximum Gasteiger partial charge on any atom is 0.235 e. The minimum Gasteiger partial charge on any atom is -0.307 e. The molecular weight excluding hydrogens is 609 g/mol. The molecule has 0 spiro atoms. The van der Waals surface area contributed by atoms with Crippen molar-refractivity contribution in [1.29, 1.82) is 0 Å². The van der Waals surface area contributed by atoms with Crippen molar-refractivity contribution in [2.24, 2.45) is 0 Å². The molecule has 7 aromatic carbocycles. The topological polar surface area (TPSA) is 35.6 Å². The first-order valence-corrected chi connectivity index (χ1v) is 16.9. The van der Waals surface area contributed by atoms with E-state index in [1.54, 1.807) is 0 Å². The van der Waals surface area contributed by atoms with Gasteiger partial charge in [0, 0.05) is 38.4 Å². The van der Waals surface area contributed by atoms with Crippen LogP contribution in [0.5, 0.6) is 0 Å². The quantitative estimate of drug-likeness (QED) is 0.188. The highest BCUT2D eigenvalue weighted by molar-refractivity contribution is 6.23. The van der Waals surface area contributed by atoms with E-state index in [1.165, 1.54) is 21.9 Å². The summed E-state index contributed by atoms with van der Waals surface area (Å²) < 4.78 is 4.70. The number of nitrogens with zero attached hydrogens (tertiary/aromatic N) is 4. The number of fused-ring (bicyclic) bond motifs is 7. The lowest BCUT2D eigenvalue weighted by Crippen LogP contribution is -2.05. The van der Waals surface area contributed by atoms with Gasteiger partial charge in [-0.3, -0.25) is 4.57 Å². The number of hydrogen-bond donors (Lipinski definition) is 0. The Bertz CT molecular complexity index is 2790. The second kappa shape index (κ2) is 11.4. The second-order valence-corrected chi connectivity index (χ2v) is 12.6. The molecule has 0 saturated carbocycles. The Morgan fingerprint density at radius 2 is 0.780 bits per heavy atom. The highest BCUT2D eigenvalue weighted by atomic mass is 15.2. The predicted octanol–water partition coefficient (Wildman–Crippen LogP) is 11.7. The third kappa shape index (κ3) is 4.46. The van der Waals surface area contributed by atoms with Gasteiger partial charge in [-0.05, 0) is 41.5 Å². The Morgan fingerprint density at radius 3 is 1.36 bits per heavy atom. The van der Waals surface area contributed by atoms with Crippen LogP contribution in [0.15, 0.2) is 182 Å². The summed E-state index contributed by atoms with van der Waals surface area (Å²) in [6.07, 6.45) is 0. The molecule has 4 nitrogen and oxygen atoms in total. The average molecular weight is 639 g/mol. The van der Waals surface area contributed by atoms with Crippen LogP contribution in [0.25, 0.3) is 88.9 Å². The molecular formula is C46H30N4. The first-order chi connectivity index (χ1) is 24.8. The molecule has 0 aliphatic rings. The van der Waals surface area contributed by atoms with Crippen LogP contribution in [0, 0.1) is 0 Å². The van der Waals surface area contributed by atoms with Gasteiger partial charge in [-0.1, -0.05) is 152 Å². The highest BCUT2D eigenvalue weighted by Gasteiger charge is 2.23. The molecule has 0 atom stereocenters. The van der Waals surface area contributed by atoms with Crippen molar-refractivity contribution in [3.05, 3.63) is 182 Å². The normalized spacial score (nSPS) is 11.6. The van der Waals surface area contributed by atoms with Gasteiger partial charge in [0.25, 0.3) is 0 Å². The Labute approximate surface area is 289 Å². The van der Waals surface area contributed by atoms with Gasteiger partial charge in [0.1, 0.15) is 0 Å². The summed E-state index contributed by atoms with van der Waals surface area (Å²) in [4.78, 5) is 10.7. The van der Waals surface area contributed by atoms with Crippen LogP contribution in [0.2, 0.25) is 0 Å². The Morgan fingerprint density at radius 1 is 0.320 bits per heavy atom. The van der Waals surface area contributed by atoms with Crippen LogP contribution in [-0.2, 0) is 0 Å². The predicted molar refractivity (Wildman–Crippen MR) is 207 cm³/mol. The van der Waals surface area contributed by atoms with Crippen LogP contribution in [0.4, 0.5) is 0 Å². The van der Waals surface area contributed by atoms with Gasteiger partial charge in [-0.15, -0.1) is 0 Å². The molecule has 50 heavy (non-hydrogen) atoms. The number of rotatable bonds is 5. The summed E-state index contributed by atoms with van der Waals surface area (Å²) in [6.45, 7) is 0. The zero-order chi connectivity index (χ0) is 33.0. The molecule has 0 bridgehead atoms. The molecule has 0 fully saturated rings. The molecule has 3 aromatic heterocycles. The molecule has 4 heteroatoms. The highest BCUT2D eigenvalue weighted by Crippen LogP contribution is 2.42. The first-order valence-electron chi connectivity index (χ1n) is 16.9. The lowest BCUT2D eigenvalue weighted by Gasteiger charge is -2.14. The first kappa shape index (κ1) is 28.3. The summed E-state index contributed by atoms with van der Waals surface area (Å²) in [7, 11) is 0. The van der Waals surface area contributed by atoms with Gasteiger partial charge in [0.2, 0.25) is 5.95 Å². The molecule has 10 aromatic rings. The summed E-state index contributed by atoms with van der Waals surface area (Å²) in [5, 5.41) is 4.71. The fourth-order valence-corrected chi connectivity index (χ4v) is 7.48. The summed E-state index contributed by atoms with van der Waals surface area (Å²) in [5.74, 6) is 0.638. The Balaban J connectivity index is 1.35. The minimum absolute atomic E-state index is 0.638. The molecule has 0 aliphatic heterocycles. The second-order valence-electron chi connectivity index (χ2n) is 12.6. The van der Waals surface area contributed by atoms with Crippen molar-refractivity contribution in [1.82, 2.24) is 19.1 Å². The van der Waals surface area contributed by atoms with E-state index in [2.05, 4.69) is 179 Å². The van der Waals surface area contributed by atoms with Crippen molar-refractivity contribution in [3.8, 4) is 45.3 Å². The smallest absolute Gasteiger partial charge is 0.235 e.